The lowest BCUT2D eigenvalue weighted by molar-refractivity contribution is -0.116. The van der Waals surface area contributed by atoms with Gasteiger partial charge in [0.15, 0.2) is 0 Å². The van der Waals surface area contributed by atoms with Gasteiger partial charge in [0.2, 0.25) is 5.91 Å². The van der Waals surface area contributed by atoms with Crippen molar-refractivity contribution in [2.24, 2.45) is 0 Å². The van der Waals surface area contributed by atoms with Gasteiger partial charge in [-0.2, -0.15) is 0 Å². The van der Waals surface area contributed by atoms with Crippen molar-refractivity contribution >= 4 is 17.5 Å². The van der Waals surface area contributed by atoms with E-state index in [9.17, 15) is 4.79 Å². The van der Waals surface area contributed by atoms with Gasteiger partial charge >= 0.3 is 0 Å². The highest BCUT2D eigenvalue weighted by molar-refractivity contribution is 6.31. The van der Waals surface area contributed by atoms with Crippen molar-refractivity contribution < 1.29 is 9.53 Å². The van der Waals surface area contributed by atoms with Gasteiger partial charge in [-0.05, 0) is 49.6 Å². The van der Waals surface area contributed by atoms with Crippen LogP contribution in [0.3, 0.4) is 0 Å². The third-order valence-corrected chi connectivity index (χ3v) is 2.88. The van der Waals surface area contributed by atoms with E-state index in [2.05, 4.69) is 11.9 Å². The van der Waals surface area contributed by atoms with E-state index in [1.807, 2.05) is 25.1 Å². The van der Waals surface area contributed by atoms with Gasteiger partial charge in [-0.25, -0.2) is 0 Å². The van der Waals surface area contributed by atoms with Crippen molar-refractivity contribution in [3.63, 3.8) is 0 Å². The predicted octanol–water partition coefficient (Wildman–Crippen LogP) is 3.11. The number of unbranched alkanes of at least 4 members (excludes halogenated alkanes) is 1. The Labute approximate surface area is 113 Å². The minimum Gasteiger partial charge on any atom is -0.494 e. The fourth-order valence-electron chi connectivity index (χ4n) is 1.41. The summed E-state index contributed by atoms with van der Waals surface area (Å²) in [6.07, 6.45) is 3.04. The van der Waals surface area contributed by atoms with Gasteiger partial charge in [0.1, 0.15) is 5.75 Å². The first kappa shape index (κ1) is 14.6. The summed E-state index contributed by atoms with van der Waals surface area (Å²) in [5.74, 6) is 0.691. The highest BCUT2D eigenvalue weighted by atomic mass is 35.5. The largest absolute Gasteiger partial charge is 0.494 e. The number of amides is 1. The van der Waals surface area contributed by atoms with Crippen molar-refractivity contribution in [1.29, 1.82) is 0 Å². The third kappa shape index (κ3) is 5.23. The van der Waals surface area contributed by atoms with E-state index in [-0.39, 0.29) is 5.91 Å². The number of rotatable bonds is 7. The minimum absolute atomic E-state index is 0.135. The zero-order valence-corrected chi connectivity index (χ0v) is 11.3. The third-order valence-electron chi connectivity index (χ3n) is 2.45. The molecule has 98 valence electrons. The van der Waals surface area contributed by atoms with Gasteiger partial charge in [0.25, 0.3) is 0 Å². The smallest absolute Gasteiger partial charge is 0.243 e. The van der Waals surface area contributed by atoms with Crippen LogP contribution < -0.4 is 10.1 Å². The summed E-state index contributed by atoms with van der Waals surface area (Å²) in [4.78, 5) is 10.9. The maximum absolute atomic E-state index is 10.9. The zero-order chi connectivity index (χ0) is 13.4. The SMILES string of the molecule is C=CC(=O)NCCCCOc1ccc(Cl)c(C)c1. The summed E-state index contributed by atoms with van der Waals surface area (Å²) in [5, 5.41) is 3.46. The topological polar surface area (TPSA) is 38.3 Å². The maximum atomic E-state index is 10.9. The number of carbonyl (C=O) groups excluding carboxylic acids is 1. The zero-order valence-electron chi connectivity index (χ0n) is 10.5. The second kappa shape index (κ2) is 7.77. The van der Waals surface area contributed by atoms with Crippen LogP contribution in [0.25, 0.3) is 0 Å². The molecule has 0 spiro atoms. The molecule has 0 unspecified atom stereocenters. The van der Waals surface area contributed by atoms with Gasteiger partial charge in [-0.1, -0.05) is 18.2 Å². The van der Waals surface area contributed by atoms with E-state index in [0.29, 0.717) is 13.2 Å². The average Bonchev–Trinajstić information content (AvgIpc) is 2.37. The Morgan fingerprint density at radius 2 is 2.28 bits per heavy atom. The molecule has 0 aliphatic heterocycles. The second-order valence-corrected chi connectivity index (χ2v) is 4.37. The molecule has 0 heterocycles. The normalized spacial score (nSPS) is 9.89. The molecule has 0 saturated heterocycles. The number of carbonyl (C=O) groups is 1. The number of halogens is 1. The Hall–Kier alpha value is -1.48. The van der Waals surface area contributed by atoms with Crippen LogP contribution >= 0.6 is 11.6 Å². The van der Waals surface area contributed by atoms with Gasteiger partial charge in [0.05, 0.1) is 6.61 Å². The Balaban J connectivity index is 2.16. The van der Waals surface area contributed by atoms with E-state index in [4.69, 9.17) is 16.3 Å². The van der Waals surface area contributed by atoms with Gasteiger partial charge in [-0.15, -0.1) is 0 Å². The lowest BCUT2D eigenvalue weighted by atomic mass is 10.2. The number of aryl methyl sites for hydroxylation is 1. The van der Waals surface area contributed by atoms with Crippen molar-refractivity contribution in [3.05, 3.63) is 41.4 Å². The molecule has 0 fully saturated rings. The maximum Gasteiger partial charge on any atom is 0.243 e. The quantitative estimate of drug-likeness (QED) is 0.609. The monoisotopic (exact) mass is 267 g/mol. The Morgan fingerprint density at radius 1 is 1.50 bits per heavy atom. The first-order chi connectivity index (χ1) is 8.63. The highest BCUT2D eigenvalue weighted by Gasteiger charge is 1.98. The van der Waals surface area contributed by atoms with Crippen LogP contribution in [0, 0.1) is 6.92 Å². The predicted molar refractivity (Wildman–Crippen MR) is 74.1 cm³/mol. The fraction of sp³-hybridized carbons (Fsp3) is 0.357. The summed E-state index contributed by atoms with van der Waals surface area (Å²) in [7, 11) is 0. The van der Waals surface area contributed by atoms with Crippen LogP contribution in [0.1, 0.15) is 18.4 Å². The van der Waals surface area contributed by atoms with Crippen molar-refractivity contribution in [2.45, 2.75) is 19.8 Å². The second-order valence-electron chi connectivity index (χ2n) is 3.96. The van der Waals surface area contributed by atoms with Crippen LogP contribution in [0.15, 0.2) is 30.9 Å². The molecule has 0 atom stereocenters. The molecule has 0 bridgehead atoms. The summed E-state index contributed by atoms with van der Waals surface area (Å²) in [6.45, 7) is 6.60. The van der Waals surface area contributed by atoms with Crippen molar-refractivity contribution in [3.8, 4) is 5.75 Å². The molecule has 1 amide bonds. The van der Waals surface area contributed by atoms with Crippen molar-refractivity contribution in [1.82, 2.24) is 5.32 Å². The van der Waals surface area contributed by atoms with Crippen molar-refractivity contribution in [2.75, 3.05) is 13.2 Å². The molecular formula is C14H18ClNO2. The van der Waals surface area contributed by atoms with E-state index < -0.39 is 0 Å². The molecule has 4 heteroatoms. The lowest BCUT2D eigenvalue weighted by Crippen LogP contribution is -2.22. The van der Waals surface area contributed by atoms with Crippen LogP contribution in [-0.2, 0) is 4.79 Å². The van der Waals surface area contributed by atoms with Crippen LogP contribution in [-0.4, -0.2) is 19.1 Å². The molecule has 0 radical (unpaired) electrons. The summed E-state index contributed by atoms with van der Waals surface area (Å²) < 4.78 is 5.58. The van der Waals surface area contributed by atoms with Crippen LogP contribution in [0.4, 0.5) is 0 Å². The fourth-order valence-corrected chi connectivity index (χ4v) is 1.53. The van der Waals surface area contributed by atoms with E-state index in [1.165, 1.54) is 6.08 Å². The molecule has 0 saturated carbocycles. The number of benzene rings is 1. The lowest BCUT2D eigenvalue weighted by Gasteiger charge is -2.07. The average molecular weight is 268 g/mol. The molecule has 0 aliphatic rings. The van der Waals surface area contributed by atoms with Gasteiger partial charge in [0, 0.05) is 11.6 Å². The Bertz CT molecular complexity index is 418. The number of hydrogen-bond acceptors (Lipinski definition) is 2. The Morgan fingerprint density at radius 3 is 2.94 bits per heavy atom. The number of hydrogen-bond donors (Lipinski definition) is 1. The number of nitrogens with one attached hydrogen (secondary N) is 1. The molecule has 18 heavy (non-hydrogen) atoms. The molecule has 1 rings (SSSR count). The molecular weight excluding hydrogens is 250 g/mol. The van der Waals surface area contributed by atoms with Crippen LogP contribution in [0.5, 0.6) is 5.75 Å². The van der Waals surface area contributed by atoms with Crippen LogP contribution in [0.2, 0.25) is 5.02 Å². The van der Waals surface area contributed by atoms with E-state index >= 15 is 0 Å². The molecule has 1 N–H and O–H groups in total. The summed E-state index contributed by atoms with van der Waals surface area (Å²) in [5.41, 5.74) is 1.01. The van der Waals surface area contributed by atoms with Gasteiger partial charge in [-0.3, -0.25) is 4.79 Å². The standard InChI is InChI=1S/C14H18ClNO2/c1-3-14(17)16-8-4-5-9-18-12-6-7-13(15)11(2)10-12/h3,6-7,10H,1,4-5,8-9H2,2H3,(H,16,17). The minimum atomic E-state index is -0.135. The first-order valence-corrected chi connectivity index (χ1v) is 6.30. The van der Waals surface area contributed by atoms with E-state index in [0.717, 1.165) is 29.2 Å². The highest BCUT2D eigenvalue weighted by Crippen LogP contribution is 2.21. The Kier molecular flexibility index (Phi) is 6.29. The van der Waals surface area contributed by atoms with Gasteiger partial charge < -0.3 is 10.1 Å². The van der Waals surface area contributed by atoms with E-state index in [1.54, 1.807) is 0 Å². The molecule has 0 aliphatic carbocycles. The summed E-state index contributed by atoms with van der Waals surface area (Å²) >= 11 is 5.92. The molecule has 3 nitrogen and oxygen atoms in total. The molecule has 1 aromatic carbocycles. The summed E-state index contributed by atoms with van der Waals surface area (Å²) in [6, 6.07) is 5.60. The molecule has 0 aromatic heterocycles. The number of ether oxygens (including phenoxy) is 1. The molecule has 1 aromatic rings. The first-order valence-electron chi connectivity index (χ1n) is 5.92.